The molecule has 1 aliphatic rings. The standard InChI is InChI=1S/C19H30N4O2/c1-14(2)17-7-5-16(6-8-17)13-22-9-11-23(12-10-22)15(3)18(24)21-19(25)20-4/h5-8,14-15H,9-13H2,1-4H3,(H2,20,21,24,25)/p+2/t15-/m0/s1. The molecule has 1 aromatic carbocycles. The van der Waals surface area contributed by atoms with Gasteiger partial charge in [-0.3, -0.25) is 10.1 Å². The van der Waals surface area contributed by atoms with Gasteiger partial charge in [0.1, 0.15) is 32.7 Å². The Morgan fingerprint density at radius 1 is 1.04 bits per heavy atom. The number of carbonyl (C=O) groups excluding carboxylic acids is 2. The molecule has 1 fully saturated rings. The molecule has 0 unspecified atom stereocenters. The summed E-state index contributed by atoms with van der Waals surface area (Å²) in [5, 5.41) is 4.79. The van der Waals surface area contributed by atoms with E-state index < -0.39 is 6.03 Å². The first-order valence-electron chi connectivity index (χ1n) is 9.20. The van der Waals surface area contributed by atoms with Crippen LogP contribution in [0.15, 0.2) is 24.3 Å². The Kier molecular flexibility index (Phi) is 6.96. The summed E-state index contributed by atoms with van der Waals surface area (Å²) in [7, 11) is 1.51. The van der Waals surface area contributed by atoms with E-state index in [0.717, 1.165) is 32.7 Å². The Balaban J connectivity index is 1.80. The number of amides is 3. The molecule has 1 atom stereocenters. The summed E-state index contributed by atoms with van der Waals surface area (Å²) in [6.07, 6.45) is 0. The third-order valence-electron chi connectivity index (χ3n) is 5.17. The predicted octanol–water partition coefficient (Wildman–Crippen LogP) is -1.06. The highest BCUT2D eigenvalue weighted by Crippen LogP contribution is 2.14. The molecular weight excluding hydrogens is 316 g/mol. The maximum Gasteiger partial charge on any atom is 0.321 e. The van der Waals surface area contributed by atoms with Crippen LogP contribution in [0.25, 0.3) is 0 Å². The van der Waals surface area contributed by atoms with Crippen molar-refractivity contribution < 1.29 is 19.4 Å². The first kappa shape index (κ1) is 19.4. The van der Waals surface area contributed by atoms with Gasteiger partial charge in [-0.15, -0.1) is 0 Å². The zero-order chi connectivity index (χ0) is 18.4. The van der Waals surface area contributed by atoms with Crippen LogP contribution in [0.5, 0.6) is 0 Å². The van der Waals surface area contributed by atoms with E-state index in [4.69, 9.17) is 0 Å². The minimum atomic E-state index is -0.439. The third kappa shape index (κ3) is 5.54. The molecule has 0 bridgehead atoms. The van der Waals surface area contributed by atoms with Crippen molar-refractivity contribution in [1.82, 2.24) is 10.6 Å². The number of piperazine rings is 1. The topological polar surface area (TPSA) is 67.1 Å². The van der Waals surface area contributed by atoms with Gasteiger partial charge in [-0.05, 0) is 18.4 Å². The second-order valence-corrected chi connectivity index (χ2v) is 7.27. The quantitative estimate of drug-likeness (QED) is 0.548. The van der Waals surface area contributed by atoms with E-state index >= 15 is 0 Å². The Bertz CT molecular complexity index is 578. The van der Waals surface area contributed by atoms with Gasteiger partial charge in [0.05, 0.1) is 0 Å². The van der Waals surface area contributed by atoms with E-state index in [9.17, 15) is 9.59 Å². The van der Waals surface area contributed by atoms with Crippen LogP contribution >= 0.6 is 0 Å². The Morgan fingerprint density at radius 2 is 1.64 bits per heavy atom. The van der Waals surface area contributed by atoms with Gasteiger partial charge in [-0.2, -0.15) is 0 Å². The lowest BCUT2D eigenvalue weighted by molar-refractivity contribution is -1.02. The summed E-state index contributed by atoms with van der Waals surface area (Å²) in [6.45, 7) is 11.3. The van der Waals surface area contributed by atoms with E-state index in [1.165, 1.54) is 23.1 Å². The number of benzene rings is 1. The minimum absolute atomic E-state index is 0.204. The van der Waals surface area contributed by atoms with Gasteiger partial charge in [0.25, 0.3) is 5.91 Å². The van der Waals surface area contributed by atoms with Crippen molar-refractivity contribution in [2.24, 2.45) is 0 Å². The SMILES string of the molecule is CNC(=O)NC(=O)[C@H](C)[NH+]1CC[NH+](Cc2ccc(C(C)C)cc2)CC1. The Morgan fingerprint density at radius 3 is 2.16 bits per heavy atom. The smallest absolute Gasteiger partial charge is 0.321 e. The molecule has 4 N–H and O–H groups in total. The fraction of sp³-hybridized carbons (Fsp3) is 0.579. The molecule has 25 heavy (non-hydrogen) atoms. The molecule has 1 aromatic rings. The summed E-state index contributed by atoms with van der Waals surface area (Å²) in [4.78, 5) is 26.2. The van der Waals surface area contributed by atoms with Crippen LogP contribution in [0.2, 0.25) is 0 Å². The number of urea groups is 1. The number of hydrogen-bond donors (Lipinski definition) is 4. The summed E-state index contributed by atoms with van der Waals surface area (Å²) in [5.41, 5.74) is 2.75. The summed E-state index contributed by atoms with van der Waals surface area (Å²) in [6, 6.07) is 8.29. The molecule has 1 heterocycles. The first-order valence-corrected chi connectivity index (χ1v) is 9.20. The number of carbonyl (C=O) groups is 2. The molecule has 2 rings (SSSR count). The fourth-order valence-corrected chi connectivity index (χ4v) is 3.31. The maximum absolute atomic E-state index is 12.1. The highest BCUT2D eigenvalue weighted by atomic mass is 16.2. The summed E-state index contributed by atoms with van der Waals surface area (Å²) in [5.74, 6) is 0.359. The van der Waals surface area contributed by atoms with Crippen LogP contribution in [0.4, 0.5) is 4.79 Å². The average Bonchev–Trinajstić information content (AvgIpc) is 2.62. The summed E-state index contributed by atoms with van der Waals surface area (Å²) < 4.78 is 0. The fourth-order valence-electron chi connectivity index (χ4n) is 3.31. The van der Waals surface area contributed by atoms with Crippen LogP contribution < -0.4 is 20.4 Å². The molecule has 1 saturated heterocycles. The number of quaternary nitrogens is 2. The third-order valence-corrected chi connectivity index (χ3v) is 5.17. The molecular formula is C19H32N4O2+2. The van der Waals surface area contributed by atoms with Gasteiger partial charge in [-0.25, -0.2) is 4.79 Å². The van der Waals surface area contributed by atoms with Crippen LogP contribution in [0.3, 0.4) is 0 Å². The second kappa shape index (κ2) is 8.97. The second-order valence-electron chi connectivity index (χ2n) is 7.27. The first-order chi connectivity index (χ1) is 11.9. The molecule has 0 saturated carbocycles. The molecule has 3 amide bonds. The minimum Gasteiger partial charge on any atom is -0.341 e. The van der Waals surface area contributed by atoms with Gasteiger partial charge >= 0.3 is 6.03 Å². The van der Waals surface area contributed by atoms with Crippen molar-refractivity contribution in [2.45, 2.75) is 39.3 Å². The Labute approximate surface area is 150 Å². The van der Waals surface area contributed by atoms with E-state index in [1.807, 2.05) is 6.92 Å². The zero-order valence-electron chi connectivity index (χ0n) is 15.8. The van der Waals surface area contributed by atoms with E-state index in [0.29, 0.717) is 5.92 Å². The maximum atomic E-state index is 12.1. The van der Waals surface area contributed by atoms with E-state index in [2.05, 4.69) is 48.7 Å². The molecule has 138 valence electrons. The average molecular weight is 348 g/mol. The highest BCUT2D eigenvalue weighted by Gasteiger charge is 2.31. The van der Waals surface area contributed by atoms with Gasteiger partial charge in [0, 0.05) is 12.6 Å². The van der Waals surface area contributed by atoms with Crippen LogP contribution in [0, 0.1) is 0 Å². The van der Waals surface area contributed by atoms with Crippen molar-refractivity contribution in [2.75, 3.05) is 33.2 Å². The molecule has 0 radical (unpaired) electrons. The van der Waals surface area contributed by atoms with E-state index in [1.54, 1.807) is 4.90 Å². The normalized spacial score (nSPS) is 21.6. The lowest BCUT2D eigenvalue weighted by Crippen LogP contribution is -3.29. The van der Waals surface area contributed by atoms with Gasteiger partial charge < -0.3 is 15.1 Å². The Hall–Kier alpha value is -1.92. The van der Waals surface area contributed by atoms with Crippen LogP contribution in [0.1, 0.15) is 37.8 Å². The number of rotatable bonds is 5. The van der Waals surface area contributed by atoms with Crippen molar-refractivity contribution >= 4 is 11.9 Å². The molecule has 6 nitrogen and oxygen atoms in total. The van der Waals surface area contributed by atoms with Gasteiger partial charge in [0.15, 0.2) is 6.04 Å². The van der Waals surface area contributed by atoms with Crippen molar-refractivity contribution in [3.05, 3.63) is 35.4 Å². The number of imide groups is 1. The van der Waals surface area contributed by atoms with Crippen molar-refractivity contribution in [3.63, 3.8) is 0 Å². The van der Waals surface area contributed by atoms with Crippen molar-refractivity contribution in [1.29, 1.82) is 0 Å². The zero-order valence-corrected chi connectivity index (χ0v) is 15.8. The van der Waals surface area contributed by atoms with Crippen LogP contribution in [-0.2, 0) is 11.3 Å². The van der Waals surface area contributed by atoms with Crippen molar-refractivity contribution in [3.8, 4) is 0 Å². The molecule has 0 spiro atoms. The molecule has 6 heteroatoms. The molecule has 0 aliphatic carbocycles. The van der Waals surface area contributed by atoms with Gasteiger partial charge in [-0.1, -0.05) is 38.1 Å². The molecule has 0 aromatic heterocycles. The monoisotopic (exact) mass is 348 g/mol. The number of nitrogens with one attached hydrogen (secondary N) is 4. The highest BCUT2D eigenvalue weighted by molar-refractivity contribution is 5.96. The van der Waals surface area contributed by atoms with Crippen LogP contribution in [-0.4, -0.2) is 51.2 Å². The largest absolute Gasteiger partial charge is 0.341 e. The number of hydrogen-bond acceptors (Lipinski definition) is 2. The molecule has 1 aliphatic heterocycles. The van der Waals surface area contributed by atoms with Gasteiger partial charge in [0.2, 0.25) is 0 Å². The lowest BCUT2D eigenvalue weighted by atomic mass is 10.0. The van der Waals surface area contributed by atoms with E-state index in [-0.39, 0.29) is 11.9 Å². The summed E-state index contributed by atoms with van der Waals surface area (Å²) >= 11 is 0. The lowest BCUT2D eigenvalue weighted by Gasteiger charge is -2.32. The predicted molar refractivity (Wildman–Crippen MR) is 97.7 cm³/mol.